The van der Waals surface area contributed by atoms with E-state index in [2.05, 4.69) is 23.9 Å². The molecule has 0 aliphatic heterocycles. The third-order valence-corrected chi connectivity index (χ3v) is 6.43. The Morgan fingerprint density at radius 1 is 0.917 bits per heavy atom. The second-order valence-corrected chi connectivity index (χ2v) is 9.48. The van der Waals surface area contributed by atoms with Gasteiger partial charge in [0.15, 0.2) is 28.8 Å². The normalized spacial score (nSPS) is 12.1. The molecule has 2 aromatic carbocycles. The molecule has 0 saturated carbocycles. The lowest BCUT2D eigenvalue weighted by atomic mass is 10.1. The minimum Gasteiger partial charge on any atom is -0.493 e. The molecule has 4 aromatic rings. The summed E-state index contributed by atoms with van der Waals surface area (Å²) < 4.78 is 23.8. The van der Waals surface area contributed by atoms with Gasteiger partial charge < -0.3 is 18.9 Å². The van der Waals surface area contributed by atoms with Crippen molar-refractivity contribution in [1.29, 1.82) is 0 Å². The maximum Gasteiger partial charge on any atom is 0.291 e. The van der Waals surface area contributed by atoms with Gasteiger partial charge in [0.05, 0.1) is 32.5 Å². The second kappa shape index (κ2) is 11.3. The van der Waals surface area contributed by atoms with Crippen LogP contribution in [0.1, 0.15) is 37.2 Å². The minimum absolute atomic E-state index is 0.218. The fourth-order valence-corrected chi connectivity index (χ4v) is 4.41. The summed E-state index contributed by atoms with van der Waals surface area (Å²) in [5, 5.41) is 4.36. The van der Waals surface area contributed by atoms with Gasteiger partial charge in [-0.2, -0.15) is 9.50 Å². The van der Waals surface area contributed by atoms with E-state index in [1.807, 2.05) is 48.6 Å². The molecule has 0 amide bonds. The number of hydrogen-bond donors (Lipinski definition) is 0. The van der Waals surface area contributed by atoms with E-state index in [1.165, 1.54) is 15.9 Å². The van der Waals surface area contributed by atoms with Crippen molar-refractivity contribution in [3.05, 3.63) is 68.2 Å². The van der Waals surface area contributed by atoms with Crippen LogP contribution in [0.4, 0.5) is 0 Å². The van der Waals surface area contributed by atoms with Gasteiger partial charge in [-0.15, -0.1) is 5.10 Å². The lowest BCUT2D eigenvalue weighted by Gasteiger charge is -2.12. The summed E-state index contributed by atoms with van der Waals surface area (Å²) in [5.41, 5.74) is 1.51. The molecule has 0 aliphatic rings. The number of fused-ring (bicyclic) bond motifs is 1. The molecule has 0 atom stereocenters. The Morgan fingerprint density at radius 3 is 2.28 bits per heavy atom. The van der Waals surface area contributed by atoms with Crippen LogP contribution in [0.25, 0.3) is 23.2 Å². The van der Waals surface area contributed by atoms with E-state index in [0.717, 1.165) is 17.5 Å². The summed E-state index contributed by atoms with van der Waals surface area (Å²) >= 11 is 1.29. The smallest absolute Gasteiger partial charge is 0.291 e. The number of nitrogens with zero attached hydrogens (tertiary/aromatic N) is 3. The molecular formula is C27H29N3O5S. The van der Waals surface area contributed by atoms with Crippen molar-refractivity contribution in [3.63, 3.8) is 0 Å². The molecule has 0 spiro atoms. The maximum absolute atomic E-state index is 12.9. The van der Waals surface area contributed by atoms with Gasteiger partial charge in [-0.1, -0.05) is 43.4 Å². The van der Waals surface area contributed by atoms with Gasteiger partial charge >= 0.3 is 0 Å². The third kappa shape index (κ3) is 5.68. The molecular weight excluding hydrogens is 478 g/mol. The summed E-state index contributed by atoms with van der Waals surface area (Å²) in [5.74, 6) is 3.61. The Labute approximate surface area is 213 Å². The highest BCUT2D eigenvalue weighted by Crippen LogP contribution is 2.29. The van der Waals surface area contributed by atoms with Crippen molar-refractivity contribution in [3.8, 4) is 23.0 Å². The van der Waals surface area contributed by atoms with Crippen LogP contribution in [0, 0.1) is 5.92 Å². The summed E-state index contributed by atoms with van der Waals surface area (Å²) in [6.45, 7) is 4.94. The zero-order valence-electron chi connectivity index (χ0n) is 21.0. The van der Waals surface area contributed by atoms with E-state index >= 15 is 0 Å². The van der Waals surface area contributed by atoms with Crippen LogP contribution in [-0.4, -0.2) is 42.5 Å². The highest BCUT2D eigenvalue weighted by molar-refractivity contribution is 7.15. The van der Waals surface area contributed by atoms with Crippen LogP contribution < -0.4 is 29.0 Å². The maximum atomic E-state index is 12.9. The quantitative estimate of drug-likeness (QED) is 0.316. The van der Waals surface area contributed by atoms with Crippen LogP contribution in [0.2, 0.25) is 0 Å². The van der Waals surface area contributed by atoms with Gasteiger partial charge in [-0.3, -0.25) is 4.79 Å². The third-order valence-electron chi connectivity index (χ3n) is 5.47. The predicted octanol–water partition coefficient (Wildman–Crippen LogP) is 4.32. The standard InChI is InChI=1S/C27H29N3O5S/c1-17(2)12-13-35-21-10-7-19(15-23(21)34-5)16-24-26(31)30-27(36-24)28-25(29-30)11-8-18-6-9-20(32-3)22(14-18)33-4/h6-11,14-17H,12-13H2,1-5H3/b11-8+,24-16-. The SMILES string of the molecule is COc1ccc(/C=C/c2nc3s/c(=C\c4ccc(OCCC(C)C)c(OC)c4)c(=O)n3n2)cc1OC. The molecule has 188 valence electrons. The average Bonchev–Trinajstić information content (AvgIpc) is 3.41. The van der Waals surface area contributed by atoms with E-state index in [4.69, 9.17) is 18.9 Å². The highest BCUT2D eigenvalue weighted by atomic mass is 32.1. The van der Waals surface area contributed by atoms with Crippen LogP contribution in [0.5, 0.6) is 23.0 Å². The lowest BCUT2D eigenvalue weighted by Crippen LogP contribution is -2.23. The Kier molecular flexibility index (Phi) is 7.90. The topological polar surface area (TPSA) is 84.2 Å². The van der Waals surface area contributed by atoms with Crippen molar-refractivity contribution in [2.24, 2.45) is 5.92 Å². The number of ether oxygens (including phenoxy) is 4. The number of methoxy groups -OCH3 is 3. The largest absolute Gasteiger partial charge is 0.493 e. The van der Waals surface area contributed by atoms with Crippen molar-refractivity contribution in [1.82, 2.24) is 14.6 Å². The highest BCUT2D eigenvalue weighted by Gasteiger charge is 2.11. The number of aromatic nitrogens is 3. The van der Waals surface area contributed by atoms with E-state index in [9.17, 15) is 4.79 Å². The van der Waals surface area contributed by atoms with Crippen LogP contribution in [0.15, 0.2) is 41.2 Å². The van der Waals surface area contributed by atoms with Crippen LogP contribution in [0.3, 0.4) is 0 Å². The average molecular weight is 508 g/mol. The van der Waals surface area contributed by atoms with Gasteiger partial charge in [0, 0.05) is 0 Å². The Morgan fingerprint density at radius 2 is 1.58 bits per heavy atom. The molecule has 0 saturated heterocycles. The molecule has 0 aliphatic carbocycles. The van der Waals surface area contributed by atoms with Gasteiger partial charge in [-0.25, -0.2) is 0 Å². The first-order valence-corrected chi connectivity index (χ1v) is 12.4. The molecule has 36 heavy (non-hydrogen) atoms. The van der Waals surface area contributed by atoms with Crippen LogP contribution in [-0.2, 0) is 0 Å². The number of hydrogen-bond acceptors (Lipinski definition) is 8. The van der Waals surface area contributed by atoms with Gasteiger partial charge in [0.2, 0.25) is 4.96 Å². The first-order valence-electron chi connectivity index (χ1n) is 11.5. The molecule has 2 aromatic heterocycles. The molecule has 0 unspecified atom stereocenters. The van der Waals surface area contributed by atoms with Gasteiger partial charge in [-0.05, 0) is 59.9 Å². The van der Waals surface area contributed by atoms with Crippen molar-refractivity contribution in [2.75, 3.05) is 27.9 Å². The summed E-state index contributed by atoms with van der Waals surface area (Å²) in [6.07, 6.45) is 6.38. The monoisotopic (exact) mass is 507 g/mol. The Bertz CT molecular complexity index is 1490. The molecule has 9 heteroatoms. The zero-order valence-corrected chi connectivity index (χ0v) is 21.8. The van der Waals surface area contributed by atoms with Crippen molar-refractivity contribution < 1.29 is 18.9 Å². The molecule has 0 radical (unpaired) electrons. The van der Waals surface area contributed by atoms with Crippen LogP contribution >= 0.6 is 11.3 Å². The second-order valence-electron chi connectivity index (χ2n) is 8.47. The summed E-state index contributed by atoms with van der Waals surface area (Å²) in [7, 11) is 4.79. The molecule has 8 nitrogen and oxygen atoms in total. The Hall–Kier alpha value is -3.85. The number of benzene rings is 2. The van der Waals surface area contributed by atoms with E-state index in [-0.39, 0.29) is 5.56 Å². The fraction of sp³-hybridized carbons (Fsp3) is 0.296. The summed E-state index contributed by atoms with van der Waals surface area (Å²) in [6, 6.07) is 11.2. The van der Waals surface area contributed by atoms with E-state index in [0.29, 0.717) is 50.8 Å². The Balaban J connectivity index is 1.55. The van der Waals surface area contributed by atoms with E-state index in [1.54, 1.807) is 27.4 Å². The molecule has 0 fully saturated rings. The first-order chi connectivity index (χ1) is 17.4. The molecule has 4 rings (SSSR count). The number of rotatable bonds is 10. The predicted molar refractivity (Wildman–Crippen MR) is 142 cm³/mol. The molecule has 0 bridgehead atoms. The minimum atomic E-state index is -0.218. The summed E-state index contributed by atoms with van der Waals surface area (Å²) in [4.78, 5) is 17.9. The molecule has 0 N–H and O–H groups in total. The van der Waals surface area contributed by atoms with Crippen molar-refractivity contribution in [2.45, 2.75) is 20.3 Å². The zero-order chi connectivity index (χ0) is 25.7. The van der Waals surface area contributed by atoms with E-state index < -0.39 is 0 Å². The van der Waals surface area contributed by atoms with Crippen molar-refractivity contribution >= 4 is 34.5 Å². The first kappa shape index (κ1) is 25.2. The number of thiazole rings is 1. The van der Waals surface area contributed by atoms with Gasteiger partial charge in [0.25, 0.3) is 5.56 Å². The van der Waals surface area contributed by atoms with Gasteiger partial charge in [0.1, 0.15) is 0 Å². The lowest BCUT2D eigenvalue weighted by molar-refractivity contribution is 0.273. The fourth-order valence-electron chi connectivity index (χ4n) is 3.50. The molecule has 2 heterocycles.